The van der Waals surface area contributed by atoms with E-state index in [0.29, 0.717) is 0 Å². The Kier molecular flexibility index (Phi) is 1.41. The summed E-state index contributed by atoms with van der Waals surface area (Å²) in [5, 5.41) is 4.04. The third-order valence-electron chi connectivity index (χ3n) is 2.59. The molecule has 0 aromatic carbocycles. The molecule has 0 bridgehead atoms. The highest BCUT2D eigenvalue weighted by molar-refractivity contribution is 5.13. The number of rotatable bonds is 1. The van der Waals surface area contributed by atoms with Crippen LogP contribution in [-0.4, -0.2) is 0 Å². The highest BCUT2D eigenvalue weighted by Gasteiger charge is 2.37. The Morgan fingerprint density at radius 1 is 1.55 bits per heavy atom. The quantitative estimate of drug-likeness (QED) is 0.561. The van der Waals surface area contributed by atoms with Crippen molar-refractivity contribution in [3.8, 4) is 0 Å². The van der Waals surface area contributed by atoms with Crippen LogP contribution in [0.25, 0.3) is 0 Å². The second-order valence-electron chi connectivity index (χ2n) is 3.46. The van der Waals surface area contributed by atoms with Gasteiger partial charge in [0.15, 0.2) is 0 Å². The van der Waals surface area contributed by atoms with E-state index in [2.05, 4.69) is 12.2 Å². The van der Waals surface area contributed by atoms with Crippen LogP contribution in [0.15, 0.2) is 24.4 Å². The van der Waals surface area contributed by atoms with Crippen molar-refractivity contribution in [1.29, 1.82) is 0 Å². The van der Waals surface area contributed by atoms with E-state index in [-0.39, 0.29) is 5.41 Å². The van der Waals surface area contributed by atoms with Gasteiger partial charge in [0.25, 0.3) is 0 Å². The van der Waals surface area contributed by atoms with Crippen LogP contribution >= 0.6 is 0 Å². The van der Waals surface area contributed by atoms with Crippen LogP contribution in [0.2, 0.25) is 0 Å². The average Bonchev–Trinajstić information content (AvgIpc) is 2.02. The molecule has 0 saturated heterocycles. The molecule has 1 aliphatic carbocycles. The van der Waals surface area contributed by atoms with E-state index in [1.807, 2.05) is 6.20 Å². The fourth-order valence-corrected chi connectivity index (χ4v) is 1.53. The summed E-state index contributed by atoms with van der Waals surface area (Å²) in [6.45, 7) is 2.23. The number of hydrogen-bond acceptors (Lipinski definition) is 1. The van der Waals surface area contributed by atoms with E-state index >= 15 is 0 Å². The van der Waals surface area contributed by atoms with Crippen molar-refractivity contribution >= 4 is 0 Å². The second kappa shape index (κ2) is 2.29. The molecule has 0 amide bonds. The number of hydrogen-bond donors (Lipinski definition) is 0. The Hall–Kier alpha value is -0.920. The standard InChI is InChI=1S/C9H12NO/c1-9(3-2-4-9)8-7-10-5-6-11-8/h5-7H,2-4H2,1H3. The lowest BCUT2D eigenvalue weighted by Gasteiger charge is -2.39. The Labute approximate surface area is 66.9 Å². The molecule has 11 heavy (non-hydrogen) atoms. The van der Waals surface area contributed by atoms with Gasteiger partial charge in [-0.05, 0) is 12.8 Å². The summed E-state index contributed by atoms with van der Waals surface area (Å²) < 4.78 is 5.37. The number of ether oxygens (including phenoxy) is 1. The summed E-state index contributed by atoms with van der Waals surface area (Å²) in [6.07, 6.45) is 8.95. The first-order chi connectivity index (χ1) is 5.31. The van der Waals surface area contributed by atoms with Crippen LogP contribution < -0.4 is 5.32 Å². The van der Waals surface area contributed by atoms with Crippen molar-refractivity contribution in [2.24, 2.45) is 5.41 Å². The van der Waals surface area contributed by atoms with Gasteiger partial charge in [-0.3, -0.25) is 5.32 Å². The van der Waals surface area contributed by atoms with Gasteiger partial charge in [0.05, 0.1) is 12.4 Å². The molecule has 2 nitrogen and oxygen atoms in total. The molecule has 0 aromatic rings. The SMILES string of the molecule is CC1(C2=C[N]C=CO2)CCC1. The highest BCUT2D eigenvalue weighted by Crippen LogP contribution is 2.47. The Bertz CT molecular complexity index is 214. The van der Waals surface area contributed by atoms with E-state index in [0.717, 1.165) is 5.76 Å². The molecule has 0 aromatic heterocycles. The fraction of sp³-hybridized carbons (Fsp3) is 0.556. The van der Waals surface area contributed by atoms with E-state index in [4.69, 9.17) is 4.74 Å². The van der Waals surface area contributed by atoms with Gasteiger partial charge in [0, 0.05) is 5.41 Å². The van der Waals surface area contributed by atoms with Gasteiger partial charge in [0.2, 0.25) is 0 Å². The fourth-order valence-electron chi connectivity index (χ4n) is 1.53. The zero-order valence-corrected chi connectivity index (χ0v) is 6.71. The summed E-state index contributed by atoms with van der Waals surface area (Å²) in [5.41, 5.74) is 0.286. The molecule has 0 unspecified atom stereocenters. The molecule has 59 valence electrons. The molecule has 1 fully saturated rings. The van der Waals surface area contributed by atoms with Gasteiger partial charge < -0.3 is 4.74 Å². The van der Waals surface area contributed by atoms with Crippen molar-refractivity contribution < 1.29 is 4.74 Å². The largest absolute Gasteiger partial charge is 0.466 e. The summed E-state index contributed by atoms with van der Waals surface area (Å²) >= 11 is 0. The Morgan fingerprint density at radius 2 is 2.36 bits per heavy atom. The van der Waals surface area contributed by atoms with Gasteiger partial charge in [-0.25, -0.2) is 0 Å². The normalized spacial score (nSPS) is 26.1. The first-order valence-corrected chi connectivity index (χ1v) is 4.04. The summed E-state index contributed by atoms with van der Waals surface area (Å²) in [7, 11) is 0. The molecule has 0 atom stereocenters. The molecule has 1 heterocycles. The van der Waals surface area contributed by atoms with Gasteiger partial charge >= 0.3 is 0 Å². The topological polar surface area (TPSA) is 23.3 Å². The van der Waals surface area contributed by atoms with E-state index < -0.39 is 0 Å². The molecule has 0 spiro atoms. The van der Waals surface area contributed by atoms with E-state index in [9.17, 15) is 0 Å². The highest BCUT2D eigenvalue weighted by atomic mass is 16.5. The lowest BCUT2D eigenvalue weighted by atomic mass is 9.69. The average molecular weight is 150 g/mol. The van der Waals surface area contributed by atoms with Crippen LogP contribution in [-0.2, 0) is 4.74 Å². The molecule has 1 aliphatic heterocycles. The van der Waals surface area contributed by atoms with Crippen molar-refractivity contribution in [3.63, 3.8) is 0 Å². The summed E-state index contributed by atoms with van der Waals surface area (Å²) in [4.78, 5) is 0. The summed E-state index contributed by atoms with van der Waals surface area (Å²) in [6, 6.07) is 0. The van der Waals surface area contributed by atoms with E-state index in [1.165, 1.54) is 19.3 Å². The van der Waals surface area contributed by atoms with Gasteiger partial charge in [-0.1, -0.05) is 13.3 Å². The maximum Gasteiger partial charge on any atom is 0.127 e. The first-order valence-electron chi connectivity index (χ1n) is 4.04. The molecule has 0 N–H and O–H groups in total. The zero-order valence-electron chi connectivity index (χ0n) is 6.71. The van der Waals surface area contributed by atoms with Crippen LogP contribution in [0.4, 0.5) is 0 Å². The van der Waals surface area contributed by atoms with Gasteiger partial charge in [-0.15, -0.1) is 0 Å². The van der Waals surface area contributed by atoms with Gasteiger partial charge in [0.1, 0.15) is 12.0 Å². The Balaban J connectivity index is 2.09. The minimum Gasteiger partial charge on any atom is -0.466 e. The van der Waals surface area contributed by atoms with Crippen molar-refractivity contribution in [2.75, 3.05) is 0 Å². The third kappa shape index (κ3) is 1.02. The van der Waals surface area contributed by atoms with Crippen LogP contribution in [0.1, 0.15) is 26.2 Å². The zero-order chi connectivity index (χ0) is 7.73. The molecule has 2 aliphatic rings. The molecule has 2 heteroatoms. The number of nitrogens with zero attached hydrogens (tertiary/aromatic N) is 1. The smallest absolute Gasteiger partial charge is 0.127 e. The minimum atomic E-state index is 0.286. The van der Waals surface area contributed by atoms with Crippen molar-refractivity contribution in [2.45, 2.75) is 26.2 Å². The first kappa shape index (κ1) is 6.77. The molecule has 2 rings (SSSR count). The predicted octanol–water partition coefficient (Wildman–Crippen LogP) is 2.12. The van der Waals surface area contributed by atoms with E-state index in [1.54, 1.807) is 12.5 Å². The Morgan fingerprint density at radius 3 is 2.82 bits per heavy atom. The third-order valence-corrected chi connectivity index (χ3v) is 2.59. The van der Waals surface area contributed by atoms with Crippen LogP contribution in [0.3, 0.4) is 0 Å². The molecule has 1 radical (unpaired) electrons. The second-order valence-corrected chi connectivity index (χ2v) is 3.46. The van der Waals surface area contributed by atoms with Crippen LogP contribution in [0.5, 0.6) is 0 Å². The molecule has 1 saturated carbocycles. The minimum absolute atomic E-state index is 0.286. The van der Waals surface area contributed by atoms with Crippen molar-refractivity contribution in [1.82, 2.24) is 5.32 Å². The lowest BCUT2D eigenvalue weighted by Crippen LogP contribution is -2.29. The van der Waals surface area contributed by atoms with Crippen LogP contribution in [0, 0.1) is 5.41 Å². The predicted molar refractivity (Wildman–Crippen MR) is 42.4 cm³/mol. The summed E-state index contributed by atoms with van der Waals surface area (Å²) in [5.74, 6) is 1.03. The maximum absolute atomic E-state index is 5.37. The lowest BCUT2D eigenvalue weighted by molar-refractivity contribution is 0.120. The maximum atomic E-state index is 5.37. The molecular weight excluding hydrogens is 138 g/mol. The van der Waals surface area contributed by atoms with Crippen molar-refractivity contribution in [3.05, 3.63) is 24.4 Å². The molecular formula is C9H12NO. The van der Waals surface area contributed by atoms with Gasteiger partial charge in [-0.2, -0.15) is 0 Å². The monoisotopic (exact) mass is 150 g/mol. The number of allylic oxidation sites excluding steroid dienone is 1.